The van der Waals surface area contributed by atoms with Crippen molar-refractivity contribution in [2.45, 2.75) is 488 Å². The summed E-state index contributed by atoms with van der Waals surface area (Å²) in [6.45, 7) is 4.96. The molecule has 1 amide bonds. The molecule has 0 aliphatic heterocycles. The highest BCUT2D eigenvalue weighted by atomic mass is 16.5. The zero-order chi connectivity index (χ0) is 64.9. The third-order valence-electron chi connectivity index (χ3n) is 19.7. The van der Waals surface area contributed by atoms with Crippen molar-refractivity contribution in [3.8, 4) is 0 Å². The van der Waals surface area contributed by atoms with E-state index in [-0.39, 0.29) is 18.5 Å². The summed E-state index contributed by atoms with van der Waals surface area (Å²) in [4.78, 5) is 24.7. The highest BCUT2D eigenvalue weighted by molar-refractivity contribution is 5.76. The SMILES string of the molecule is CCCCCCCCC/C=C\CCCCCCCCCC(=O)OCCCCCCCCCCCCCCCCCCCCCCCCCCCCCCCCCC(=O)NC(CO)C(O)/C=C/CCCCCCCCCCCCCCCCCCCCCCCC. The van der Waals surface area contributed by atoms with E-state index < -0.39 is 12.1 Å². The Kier molecular flexibility index (Phi) is 78.3. The van der Waals surface area contributed by atoms with Gasteiger partial charge in [-0.1, -0.05) is 430 Å². The first-order chi connectivity index (χ1) is 44.5. The minimum atomic E-state index is -0.843. The number of aliphatic hydroxyl groups excluding tert-OH is 2. The predicted octanol–water partition coefficient (Wildman–Crippen LogP) is 27.6. The van der Waals surface area contributed by atoms with Crippen LogP contribution in [0, 0.1) is 0 Å². The molecule has 0 radical (unpaired) electrons. The Bertz CT molecular complexity index is 1410. The second kappa shape index (κ2) is 79.8. The van der Waals surface area contributed by atoms with Crippen molar-refractivity contribution in [2.75, 3.05) is 13.2 Å². The van der Waals surface area contributed by atoms with Crippen molar-refractivity contribution in [2.24, 2.45) is 0 Å². The largest absolute Gasteiger partial charge is 0.466 e. The first kappa shape index (κ1) is 88.3. The van der Waals surface area contributed by atoms with E-state index in [1.54, 1.807) is 6.08 Å². The lowest BCUT2D eigenvalue weighted by Gasteiger charge is -2.20. The minimum Gasteiger partial charge on any atom is -0.466 e. The number of nitrogens with one attached hydrogen (secondary N) is 1. The third kappa shape index (κ3) is 75.4. The summed E-state index contributed by atoms with van der Waals surface area (Å²) in [5, 5.41) is 23.3. The maximum atomic E-state index is 12.6. The lowest BCUT2D eigenvalue weighted by molar-refractivity contribution is -0.143. The summed E-state index contributed by atoms with van der Waals surface area (Å²) < 4.78 is 5.52. The molecule has 3 N–H and O–H groups in total. The molecule has 0 saturated heterocycles. The van der Waals surface area contributed by atoms with E-state index in [1.165, 1.54) is 405 Å². The number of carbonyl (C=O) groups excluding carboxylic acids is 2. The average Bonchev–Trinajstić information content (AvgIpc) is 3.72. The van der Waals surface area contributed by atoms with Gasteiger partial charge >= 0.3 is 5.97 Å². The molecule has 0 aromatic rings. The molecule has 0 rings (SSSR count). The molecule has 2 unspecified atom stereocenters. The number of unbranched alkanes of at least 4 members (excludes halogenated alkanes) is 66. The monoisotopic (exact) mass is 1270 g/mol. The normalized spacial score (nSPS) is 12.5. The van der Waals surface area contributed by atoms with Crippen LogP contribution in [0.4, 0.5) is 0 Å². The number of allylic oxidation sites excluding steroid dienone is 3. The Balaban J connectivity index is 3.35. The number of hydrogen-bond donors (Lipinski definition) is 3. The molecule has 2 atom stereocenters. The van der Waals surface area contributed by atoms with Crippen molar-refractivity contribution in [3.05, 3.63) is 24.3 Å². The Morgan fingerprint density at radius 2 is 0.522 bits per heavy atom. The van der Waals surface area contributed by atoms with Crippen LogP contribution in [0.5, 0.6) is 0 Å². The van der Waals surface area contributed by atoms with E-state index in [2.05, 4.69) is 31.3 Å². The van der Waals surface area contributed by atoms with Gasteiger partial charge in [0.15, 0.2) is 0 Å². The van der Waals surface area contributed by atoms with Gasteiger partial charge in [0.05, 0.1) is 25.4 Å². The first-order valence-corrected chi connectivity index (χ1v) is 41.6. The molecule has 534 valence electrons. The molecule has 0 saturated carbocycles. The van der Waals surface area contributed by atoms with Crippen LogP contribution in [-0.4, -0.2) is 47.4 Å². The van der Waals surface area contributed by atoms with Crippen LogP contribution in [0.3, 0.4) is 0 Å². The quantitative estimate of drug-likeness (QED) is 0.0320. The predicted molar refractivity (Wildman–Crippen MR) is 398 cm³/mol. The zero-order valence-corrected chi connectivity index (χ0v) is 61.4. The van der Waals surface area contributed by atoms with Crippen LogP contribution in [-0.2, 0) is 14.3 Å². The van der Waals surface area contributed by atoms with Gasteiger partial charge in [-0.3, -0.25) is 9.59 Å². The van der Waals surface area contributed by atoms with Gasteiger partial charge in [0.1, 0.15) is 0 Å². The van der Waals surface area contributed by atoms with E-state index in [0.29, 0.717) is 19.4 Å². The number of esters is 1. The number of hydrogen-bond acceptors (Lipinski definition) is 5. The van der Waals surface area contributed by atoms with Crippen LogP contribution in [0.1, 0.15) is 476 Å². The molecule has 0 aliphatic carbocycles. The first-order valence-electron chi connectivity index (χ1n) is 41.6. The molecule has 90 heavy (non-hydrogen) atoms. The highest BCUT2D eigenvalue weighted by Gasteiger charge is 2.18. The molecular formula is C84H163NO5. The summed E-state index contributed by atoms with van der Waals surface area (Å²) in [7, 11) is 0. The molecule has 0 aliphatic rings. The fourth-order valence-electron chi connectivity index (χ4n) is 13.4. The average molecular weight is 1270 g/mol. The summed E-state index contributed by atoms with van der Waals surface area (Å²) >= 11 is 0. The maximum absolute atomic E-state index is 12.6. The van der Waals surface area contributed by atoms with Gasteiger partial charge < -0.3 is 20.3 Å². The fourth-order valence-corrected chi connectivity index (χ4v) is 13.4. The van der Waals surface area contributed by atoms with Gasteiger partial charge in [0.25, 0.3) is 0 Å². The summed E-state index contributed by atoms with van der Waals surface area (Å²) in [5.74, 6) is -0.0394. The molecule has 0 aromatic heterocycles. The third-order valence-corrected chi connectivity index (χ3v) is 19.7. The van der Waals surface area contributed by atoms with E-state index in [0.717, 1.165) is 44.9 Å². The number of aliphatic hydroxyl groups is 2. The van der Waals surface area contributed by atoms with Crippen LogP contribution in [0.2, 0.25) is 0 Å². The Morgan fingerprint density at radius 1 is 0.300 bits per heavy atom. The Labute approximate surface area is 564 Å². The van der Waals surface area contributed by atoms with E-state index in [9.17, 15) is 19.8 Å². The number of ether oxygens (including phenoxy) is 1. The number of amides is 1. The number of rotatable bonds is 79. The van der Waals surface area contributed by atoms with Crippen molar-refractivity contribution < 1.29 is 24.5 Å². The van der Waals surface area contributed by atoms with Crippen LogP contribution in [0.25, 0.3) is 0 Å². The smallest absolute Gasteiger partial charge is 0.305 e. The second-order valence-electron chi connectivity index (χ2n) is 28.8. The molecular weight excluding hydrogens is 1100 g/mol. The van der Waals surface area contributed by atoms with E-state index in [1.807, 2.05) is 6.08 Å². The second-order valence-corrected chi connectivity index (χ2v) is 28.8. The van der Waals surface area contributed by atoms with E-state index >= 15 is 0 Å². The maximum Gasteiger partial charge on any atom is 0.305 e. The standard InChI is InChI=1S/C84H163NO5/c1-3-5-7-9-11-13-15-17-19-21-23-24-25-35-38-41-44-48-52-56-60-64-68-72-76-82(87)81(80-86)85-83(88)77-73-69-65-61-57-53-49-45-42-39-36-33-31-29-27-26-28-30-32-34-37-40-43-47-51-55-59-63-67-71-75-79-90-84(89)78-74-70-66-62-58-54-50-46-22-20-18-16-14-12-10-8-6-4-2/h20,22,72,76,81-82,86-87H,3-19,21,23-71,73-75,77-80H2,1-2H3,(H,85,88)/b22-20-,76-72+. The minimum absolute atomic E-state index is 0.0187. The molecule has 6 nitrogen and oxygen atoms in total. The topological polar surface area (TPSA) is 95.9 Å². The van der Waals surface area contributed by atoms with Gasteiger partial charge in [-0.2, -0.15) is 0 Å². The van der Waals surface area contributed by atoms with E-state index in [4.69, 9.17) is 4.74 Å². The molecule has 0 spiro atoms. The fraction of sp³-hybridized carbons (Fsp3) is 0.929. The molecule has 6 heteroatoms. The zero-order valence-electron chi connectivity index (χ0n) is 61.4. The lowest BCUT2D eigenvalue weighted by atomic mass is 10.0. The van der Waals surface area contributed by atoms with Gasteiger partial charge in [0, 0.05) is 12.8 Å². The summed E-state index contributed by atoms with van der Waals surface area (Å²) in [5.41, 5.74) is 0. The van der Waals surface area contributed by atoms with Crippen molar-refractivity contribution in [1.29, 1.82) is 0 Å². The van der Waals surface area contributed by atoms with Crippen molar-refractivity contribution >= 4 is 11.9 Å². The summed E-state index contributed by atoms with van der Waals surface area (Å²) in [6, 6.07) is -0.626. The highest BCUT2D eigenvalue weighted by Crippen LogP contribution is 2.20. The van der Waals surface area contributed by atoms with Crippen LogP contribution >= 0.6 is 0 Å². The molecule has 0 fully saturated rings. The van der Waals surface area contributed by atoms with Gasteiger partial charge in [-0.05, 0) is 57.8 Å². The summed E-state index contributed by atoms with van der Waals surface area (Å²) in [6.07, 6.45) is 103. The molecule has 0 aromatic carbocycles. The molecule has 0 heterocycles. The molecule has 0 bridgehead atoms. The Morgan fingerprint density at radius 3 is 0.789 bits per heavy atom. The van der Waals surface area contributed by atoms with Crippen molar-refractivity contribution in [1.82, 2.24) is 5.32 Å². The van der Waals surface area contributed by atoms with Gasteiger partial charge in [0.2, 0.25) is 5.91 Å². The van der Waals surface area contributed by atoms with Crippen LogP contribution in [0.15, 0.2) is 24.3 Å². The van der Waals surface area contributed by atoms with Gasteiger partial charge in [-0.15, -0.1) is 0 Å². The van der Waals surface area contributed by atoms with Crippen molar-refractivity contribution in [3.63, 3.8) is 0 Å². The van der Waals surface area contributed by atoms with Gasteiger partial charge in [-0.25, -0.2) is 0 Å². The van der Waals surface area contributed by atoms with Crippen LogP contribution < -0.4 is 5.32 Å². The number of carbonyl (C=O) groups is 2. The lowest BCUT2D eigenvalue weighted by Crippen LogP contribution is -2.45. The Hall–Kier alpha value is -1.66.